The molecule has 8 heteroatoms. The van der Waals surface area contributed by atoms with Crippen molar-refractivity contribution in [3.8, 4) is 28.5 Å². The Morgan fingerprint density at radius 3 is 2.77 bits per heavy atom. The highest BCUT2D eigenvalue weighted by Gasteiger charge is 2.53. The van der Waals surface area contributed by atoms with Crippen molar-refractivity contribution in [1.29, 1.82) is 0 Å². The smallest absolute Gasteiger partial charge is 0.271 e. The average molecular weight is 535 g/mol. The summed E-state index contributed by atoms with van der Waals surface area (Å²) >= 11 is 0. The highest BCUT2D eigenvalue weighted by Crippen LogP contribution is 2.52. The monoisotopic (exact) mass is 534 g/mol. The topological polar surface area (TPSA) is 96.5 Å². The molecule has 3 aromatic carbocycles. The molecule has 0 radical (unpaired) electrons. The van der Waals surface area contributed by atoms with Gasteiger partial charge in [0.15, 0.2) is 11.5 Å². The molecule has 1 saturated heterocycles. The summed E-state index contributed by atoms with van der Waals surface area (Å²) in [4.78, 5) is 28.5. The minimum Gasteiger partial charge on any atom is -0.489 e. The van der Waals surface area contributed by atoms with E-state index in [1.54, 1.807) is 0 Å². The predicted octanol–water partition coefficient (Wildman–Crippen LogP) is 4.86. The first kappa shape index (κ1) is 24.5. The number of carbonyl (C=O) groups is 2. The molecule has 3 aliphatic rings. The molecule has 4 aromatic rings. The second kappa shape index (κ2) is 9.55. The molecule has 0 unspecified atom stereocenters. The zero-order valence-corrected chi connectivity index (χ0v) is 22.3. The average Bonchev–Trinajstić information content (AvgIpc) is 3.61. The molecule has 4 heterocycles. The number of ether oxygens (including phenoxy) is 2. The molecule has 0 aliphatic carbocycles. The maximum absolute atomic E-state index is 13.8. The summed E-state index contributed by atoms with van der Waals surface area (Å²) < 4.78 is 12.7. The molecule has 8 nitrogen and oxygen atoms in total. The van der Waals surface area contributed by atoms with Gasteiger partial charge in [0, 0.05) is 48.5 Å². The van der Waals surface area contributed by atoms with Crippen molar-refractivity contribution < 1.29 is 19.1 Å². The molecule has 2 amide bonds. The van der Waals surface area contributed by atoms with Gasteiger partial charge >= 0.3 is 0 Å². The summed E-state index contributed by atoms with van der Waals surface area (Å²) in [6.45, 7) is 3.79. The molecular weight excluding hydrogens is 504 g/mol. The largest absolute Gasteiger partial charge is 0.489 e. The number of H-pyrrole nitrogens is 1. The number of likely N-dealkylation sites (tertiary alicyclic amines) is 1. The number of aryl methyl sites for hydroxylation is 2. The lowest BCUT2D eigenvalue weighted by Gasteiger charge is -2.39. The zero-order chi connectivity index (χ0) is 27.3. The minimum absolute atomic E-state index is 0.0165. The van der Waals surface area contributed by atoms with E-state index in [2.05, 4.69) is 15.5 Å². The Kier molecular flexibility index (Phi) is 5.84. The van der Waals surface area contributed by atoms with Crippen molar-refractivity contribution in [1.82, 2.24) is 20.4 Å². The molecule has 7 rings (SSSR count). The molecule has 2 N–H and O–H groups in total. The van der Waals surface area contributed by atoms with Crippen molar-refractivity contribution in [3.63, 3.8) is 0 Å². The van der Waals surface area contributed by atoms with Gasteiger partial charge in [-0.1, -0.05) is 54.1 Å². The number of hydrogen-bond donors (Lipinski definition) is 2. The standard InChI is InChI=1S/C32H30N4O4/c1-20-8-11-22(12-9-20)26-15-27(35-34-26)31(38)36-16-25-24-6-3-7-28-30(24)39-19-32(25,18-36)17-33-29(37)13-10-21-4-2-5-23(14-21)40-28/h2-9,11-12,14-15,25H,10,13,16-19H2,1H3,(H,33,37)(H,34,35)/t25-,32+/m1/s1. The first-order valence-corrected chi connectivity index (χ1v) is 13.7. The molecular formula is C32H30N4O4. The fourth-order valence-electron chi connectivity index (χ4n) is 6.17. The second-order valence-electron chi connectivity index (χ2n) is 11.1. The van der Waals surface area contributed by atoms with E-state index in [4.69, 9.17) is 9.47 Å². The Bertz CT molecular complexity index is 1610. The minimum atomic E-state index is -0.463. The lowest BCUT2D eigenvalue weighted by Crippen LogP contribution is -2.48. The summed E-state index contributed by atoms with van der Waals surface area (Å²) in [5, 5.41) is 10.5. The van der Waals surface area contributed by atoms with Crippen molar-refractivity contribution >= 4 is 11.8 Å². The van der Waals surface area contributed by atoms with E-state index in [0.29, 0.717) is 62.0 Å². The maximum Gasteiger partial charge on any atom is 0.271 e. The van der Waals surface area contributed by atoms with Gasteiger partial charge in [-0.15, -0.1) is 0 Å². The summed E-state index contributed by atoms with van der Waals surface area (Å²) in [6.07, 6.45) is 0.997. The molecule has 3 aliphatic heterocycles. The normalized spacial score (nSPS) is 21.6. The van der Waals surface area contributed by atoms with E-state index in [1.807, 2.05) is 84.6 Å². The quantitative estimate of drug-likeness (QED) is 0.383. The third-order valence-electron chi connectivity index (χ3n) is 8.38. The third kappa shape index (κ3) is 4.29. The van der Waals surface area contributed by atoms with Gasteiger partial charge in [-0.2, -0.15) is 5.10 Å². The Morgan fingerprint density at radius 1 is 1.05 bits per heavy atom. The van der Waals surface area contributed by atoms with Gasteiger partial charge in [-0.25, -0.2) is 0 Å². The number of hydrogen-bond acceptors (Lipinski definition) is 5. The number of nitrogens with one attached hydrogen (secondary N) is 2. The maximum atomic E-state index is 13.8. The number of aromatic nitrogens is 2. The van der Waals surface area contributed by atoms with Crippen molar-refractivity contribution in [2.75, 3.05) is 26.2 Å². The van der Waals surface area contributed by atoms with Crippen LogP contribution in [0.1, 0.15) is 39.5 Å². The van der Waals surface area contributed by atoms with Gasteiger partial charge < -0.3 is 19.7 Å². The van der Waals surface area contributed by atoms with Crippen molar-refractivity contribution in [2.24, 2.45) is 5.41 Å². The summed E-state index contributed by atoms with van der Waals surface area (Å²) in [7, 11) is 0. The Morgan fingerprint density at radius 2 is 1.90 bits per heavy atom. The second-order valence-corrected chi connectivity index (χ2v) is 11.1. The van der Waals surface area contributed by atoms with Crippen molar-refractivity contribution in [2.45, 2.75) is 25.7 Å². The molecule has 40 heavy (non-hydrogen) atoms. The van der Waals surface area contributed by atoms with Crippen LogP contribution >= 0.6 is 0 Å². The van der Waals surface area contributed by atoms with Crippen LogP contribution in [0.2, 0.25) is 0 Å². The van der Waals surface area contributed by atoms with Crippen LogP contribution in [0.25, 0.3) is 11.3 Å². The highest BCUT2D eigenvalue weighted by molar-refractivity contribution is 5.94. The van der Waals surface area contributed by atoms with Gasteiger partial charge in [-0.05, 0) is 43.2 Å². The Hall–Kier alpha value is -4.59. The highest BCUT2D eigenvalue weighted by atomic mass is 16.5. The predicted molar refractivity (Wildman–Crippen MR) is 150 cm³/mol. The number of benzene rings is 3. The SMILES string of the molecule is Cc1ccc(-c2cc(C(=O)N3C[C@@H]4c5cccc6c5OC[C@]4(CNC(=O)CCc4cccc(c4)O6)C3)[nH]n2)cc1. The number of fused-ring (bicyclic) bond motifs is 4. The Labute approximate surface area is 232 Å². The number of aromatic amines is 1. The van der Waals surface area contributed by atoms with Crippen LogP contribution in [0.5, 0.6) is 17.2 Å². The number of para-hydroxylation sites is 1. The lowest BCUT2D eigenvalue weighted by molar-refractivity contribution is -0.121. The van der Waals surface area contributed by atoms with Crippen LogP contribution in [-0.4, -0.2) is 53.2 Å². The first-order valence-electron chi connectivity index (χ1n) is 13.7. The van der Waals surface area contributed by atoms with Crippen LogP contribution < -0.4 is 14.8 Å². The van der Waals surface area contributed by atoms with E-state index in [1.165, 1.54) is 5.56 Å². The lowest BCUT2D eigenvalue weighted by atomic mass is 9.73. The van der Waals surface area contributed by atoms with E-state index < -0.39 is 5.41 Å². The molecule has 0 saturated carbocycles. The molecule has 4 bridgehead atoms. The van der Waals surface area contributed by atoms with Gasteiger partial charge in [0.1, 0.15) is 11.4 Å². The van der Waals surface area contributed by atoms with Crippen LogP contribution in [0, 0.1) is 12.3 Å². The number of carbonyl (C=O) groups excluding carboxylic acids is 2. The van der Waals surface area contributed by atoms with Crippen LogP contribution in [0.3, 0.4) is 0 Å². The summed E-state index contributed by atoms with van der Waals surface area (Å²) in [5.41, 5.74) is 4.85. The van der Waals surface area contributed by atoms with Crippen LogP contribution in [0.4, 0.5) is 0 Å². The van der Waals surface area contributed by atoms with Gasteiger partial charge in [0.05, 0.1) is 12.3 Å². The Balaban J connectivity index is 1.22. The van der Waals surface area contributed by atoms with E-state index >= 15 is 0 Å². The van der Waals surface area contributed by atoms with Gasteiger partial charge in [0.25, 0.3) is 5.91 Å². The van der Waals surface area contributed by atoms with Gasteiger partial charge in [-0.3, -0.25) is 14.7 Å². The number of amides is 2. The molecule has 1 aromatic heterocycles. The van der Waals surface area contributed by atoms with E-state index in [0.717, 1.165) is 22.4 Å². The molecule has 2 atom stereocenters. The number of nitrogens with zero attached hydrogens (tertiary/aromatic N) is 2. The third-order valence-corrected chi connectivity index (χ3v) is 8.38. The molecule has 1 spiro atoms. The summed E-state index contributed by atoms with van der Waals surface area (Å²) in [5.74, 6) is 1.90. The molecule has 202 valence electrons. The van der Waals surface area contributed by atoms with E-state index in [-0.39, 0.29) is 17.7 Å². The first-order chi connectivity index (χ1) is 19.5. The van der Waals surface area contributed by atoms with Crippen LogP contribution in [0.15, 0.2) is 72.8 Å². The zero-order valence-electron chi connectivity index (χ0n) is 22.3. The number of rotatable bonds is 2. The van der Waals surface area contributed by atoms with E-state index in [9.17, 15) is 9.59 Å². The van der Waals surface area contributed by atoms with Crippen LogP contribution in [-0.2, 0) is 11.2 Å². The fourth-order valence-corrected chi connectivity index (χ4v) is 6.17. The van der Waals surface area contributed by atoms with Gasteiger partial charge in [0.2, 0.25) is 5.91 Å². The molecule has 1 fully saturated rings. The van der Waals surface area contributed by atoms with Crippen molar-refractivity contribution in [3.05, 3.63) is 95.2 Å². The summed E-state index contributed by atoms with van der Waals surface area (Å²) in [6, 6.07) is 23.6. The fraction of sp³-hybridized carbons (Fsp3) is 0.281.